The number of anilines is 1. The fraction of sp³-hybridized carbons (Fsp3) is 0.500. The van der Waals surface area contributed by atoms with Crippen molar-refractivity contribution in [2.24, 2.45) is 11.8 Å². The van der Waals surface area contributed by atoms with Crippen molar-refractivity contribution in [2.45, 2.75) is 26.3 Å². The Bertz CT molecular complexity index is 711. The molecule has 4 rings (SSSR count). The Kier molecular flexibility index (Phi) is 2.51. The zero-order chi connectivity index (χ0) is 13.9. The molecule has 2 aliphatic rings. The Hall–Kier alpha value is -1.69. The van der Waals surface area contributed by atoms with Crippen LogP contribution in [0.5, 0.6) is 0 Å². The normalized spacial score (nSPS) is 24.8. The molecule has 0 aromatic carbocycles. The molecule has 3 heterocycles. The van der Waals surface area contributed by atoms with Gasteiger partial charge in [0.1, 0.15) is 17.0 Å². The summed E-state index contributed by atoms with van der Waals surface area (Å²) in [6.07, 6.45) is 3.42. The first-order chi connectivity index (χ1) is 9.65. The third-order valence-electron chi connectivity index (χ3n) is 4.40. The minimum absolute atomic E-state index is 0.260. The van der Waals surface area contributed by atoms with E-state index in [0.29, 0.717) is 24.2 Å². The molecule has 20 heavy (non-hydrogen) atoms. The Morgan fingerprint density at radius 1 is 1.50 bits per heavy atom. The van der Waals surface area contributed by atoms with Crippen molar-refractivity contribution in [1.82, 2.24) is 14.9 Å². The van der Waals surface area contributed by atoms with E-state index in [1.807, 2.05) is 4.90 Å². The van der Waals surface area contributed by atoms with Crippen LogP contribution in [0.15, 0.2) is 6.33 Å². The molecule has 0 bridgehead atoms. The number of carbonyl (C=O) groups is 1. The number of nitrogen functional groups attached to an aromatic ring is 1. The van der Waals surface area contributed by atoms with Crippen LogP contribution in [0.3, 0.4) is 0 Å². The molecular formula is C14H16N4OS. The molecule has 1 amide bonds. The number of carbonyl (C=O) groups excluding carboxylic acids is 1. The molecule has 2 atom stereocenters. The molecule has 6 heteroatoms. The highest BCUT2D eigenvalue weighted by Gasteiger charge is 2.42. The molecule has 2 aromatic heterocycles. The molecule has 2 aromatic rings. The number of thiophene rings is 1. The molecule has 0 spiro atoms. The summed E-state index contributed by atoms with van der Waals surface area (Å²) in [6, 6.07) is 0. The van der Waals surface area contributed by atoms with Crippen LogP contribution in [0.25, 0.3) is 10.2 Å². The molecular weight excluding hydrogens is 272 g/mol. The molecule has 1 aliphatic heterocycles. The van der Waals surface area contributed by atoms with Gasteiger partial charge in [-0.2, -0.15) is 0 Å². The van der Waals surface area contributed by atoms with Gasteiger partial charge in [-0.15, -0.1) is 11.3 Å². The van der Waals surface area contributed by atoms with Crippen LogP contribution >= 0.6 is 11.3 Å². The molecule has 0 saturated heterocycles. The molecule has 104 valence electrons. The average molecular weight is 288 g/mol. The molecule has 2 N–H and O–H groups in total. The Labute approximate surface area is 120 Å². The number of nitrogens with zero attached hydrogens (tertiary/aromatic N) is 3. The van der Waals surface area contributed by atoms with Crippen molar-refractivity contribution in [3.8, 4) is 0 Å². The smallest absolute Gasteiger partial charge is 0.226 e. The van der Waals surface area contributed by atoms with Gasteiger partial charge in [-0.3, -0.25) is 4.79 Å². The van der Waals surface area contributed by atoms with Crippen molar-refractivity contribution in [3.05, 3.63) is 16.8 Å². The quantitative estimate of drug-likeness (QED) is 0.868. The van der Waals surface area contributed by atoms with Gasteiger partial charge >= 0.3 is 0 Å². The standard InChI is InChI=1S/C14H16N4OS/c1-7-4-9(7)14(19)18-3-2-8-10(5-18)20-13-11(8)12(15)16-6-17-13/h6-7,9H,2-5H2,1H3,(H2,15,16,17)/t7-,9+/m1/s1. The Morgan fingerprint density at radius 3 is 3.05 bits per heavy atom. The van der Waals surface area contributed by atoms with Crippen LogP contribution in [-0.4, -0.2) is 27.3 Å². The van der Waals surface area contributed by atoms with E-state index in [9.17, 15) is 4.79 Å². The van der Waals surface area contributed by atoms with E-state index in [-0.39, 0.29) is 5.92 Å². The first-order valence-corrected chi connectivity index (χ1v) is 7.76. The monoisotopic (exact) mass is 288 g/mol. The summed E-state index contributed by atoms with van der Waals surface area (Å²) < 4.78 is 0. The van der Waals surface area contributed by atoms with Gasteiger partial charge in [-0.25, -0.2) is 9.97 Å². The molecule has 0 radical (unpaired) electrons. The largest absolute Gasteiger partial charge is 0.383 e. The zero-order valence-corrected chi connectivity index (χ0v) is 12.1. The van der Waals surface area contributed by atoms with Crippen LogP contribution in [-0.2, 0) is 17.8 Å². The summed E-state index contributed by atoms with van der Waals surface area (Å²) in [5, 5.41) is 0.999. The van der Waals surface area contributed by atoms with Crippen molar-refractivity contribution in [2.75, 3.05) is 12.3 Å². The fourth-order valence-corrected chi connectivity index (χ4v) is 4.25. The van der Waals surface area contributed by atoms with Gasteiger partial charge in [0, 0.05) is 17.3 Å². The summed E-state index contributed by atoms with van der Waals surface area (Å²) in [5.74, 6) is 1.70. The lowest BCUT2D eigenvalue weighted by Gasteiger charge is -2.27. The Balaban J connectivity index is 1.68. The van der Waals surface area contributed by atoms with Gasteiger partial charge < -0.3 is 10.6 Å². The number of fused-ring (bicyclic) bond motifs is 3. The number of hydrogen-bond donors (Lipinski definition) is 1. The highest BCUT2D eigenvalue weighted by Crippen LogP contribution is 2.41. The summed E-state index contributed by atoms with van der Waals surface area (Å²) >= 11 is 1.64. The number of amides is 1. The molecule has 1 fully saturated rings. The van der Waals surface area contributed by atoms with E-state index in [1.165, 1.54) is 16.8 Å². The highest BCUT2D eigenvalue weighted by molar-refractivity contribution is 7.19. The van der Waals surface area contributed by atoms with Gasteiger partial charge in [-0.05, 0) is 24.3 Å². The number of rotatable bonds is 1. The fourth-order valence-electron chi connectivity index (χ4n) is 3.04. The van der Waals surface area contributed by atoms with Gasteiger partial charge in [0.2, 0.25) is 5.91 Å². The van der Waals surface area contributed by atoms with E-state index in [2.05, 4.69) is 16.9 Å². The number of hydrogen-bond acceptors (Lipinski definition) is 5. The van der Waals surface area contributed by atoms with Crippen molar-refractivity contribution >= 4 is 33.3 Å². The first-order valence-electron chi connectivity index (χ1n) is 6.94. The number of aromatic nitrogens is 2. The second kappa shape index (κ2) is 4.15. The average Bonchev–Trinajstić information content (AvgIpc) is 3.04. The maximum absolute atomic E-state index is 12.3. The van der Waals surface area contributed by atoms with E-state index >= 15 is 0 Å². The predicted octanol–water partition coefficient (Wildman–Crippen LogP) is 1.81. The molecule has 5 nitrogen and oxygen atoms in total. The van der Waals surface area contributed by atoms with Gasteiger partial charge in [0.05, 0.1) is 11.9 Å². The lowest BCUT2D eigenvalue weighted by atomic mass is 10.0. The van der Waals surface area contributed by atoms with E-state index in [0.717, 1.165) is 29.6 Å². The third-order valence-corrected chi connectivity index (χ3v) is 5.53. The zero-order valence-electron chi connectivity index (χ0n) is 11.3. The van der Waals surface area contributed by atoms with Crippen LogP contribution in [0.4, 0.5) is 5.82 Å². The number of nitrogens with two attached hydrogens (primary N) is 1. The first kappa shape index (κ1) is 12.1. The highest BCUT2D eigenvalue weighted by atomic mass is 32.1. The second-order valence-corrected chi connectivity index (χ2v) is 6.86. The summed E-state index contributed by atoms with van der Waals surface area (Å²) in [6.45, 7) is 3.64. The minimum atomic E-state index is 0.260. The topological polar surface area (TPSA) is 72.1 Å². The van der Waals surface area contributed by atoms with E-state index in [4.69, 9.17) is 5.73 Å². The van der Waals surface area contributed by atoms with E-state index in [1.54, 1.807) is 11.3 Å². The molecule has 1 aliphatic carbocycles. The molecule has 1 saturated carbocycles. The van der Waals surface area contributed by atoms with E-state index < -0.39 is 0 Å². The van der Waals surface area contributed by atoms with Crippen LogP contribution in [0, 0.1) is 11.8 Å². The maximum Gasteiger partial charge on any atom is 0.226 e. The van der Waals surface area contributed by atoms with Gasteiger partial charge in [-0.1, -0.05) is 6.92 Å². The summed E-state index contributed by atoms with van der Waals surface area (Å²) in [5.41, 5.74) is 7.22. The summed E-state index contributed by atoms with van der Waals surface area (Å²) in [7, 11) is 0. The summed E-state index contributed by atoms with van der Waals surface area (Å²) in [4.78, 5) is 24.9. The maximum atomic E-state index is 12.3. The van der Waals surface area contributed by atoms with Crippen LogP contribution in [0.2, 0.25) is 0 Å². The van der Waals surface area contributed by atoms with Crippen LogP contribution < -0.4 is 5.73 Å². The van der Waals surface area contributed by atoms with Crippen LogP contribution in [0.1, 0.15) is 23.8 Å². The van der Waals surface area contributed by atoms with Gasteiger partial charge in [0.25, 0.3) is 0 Å². The van der Waals surface area contributed by atoms with Crippen molar-refractivity contribution < 1.29 is 4.79 Å². The minimum Gasteiger partial charge on any atom is -0.383 e. The second-order valence-electron chi connectivity index (χ2n) is 5.77. The lowest BCUT2D eigenvalue weighted by Crippen LogP contribution is -2.36. The van der Waals surface area contributed by atoms with Gasteiger partial charge in [0.15, 0.2) is 0 Å². The lowest BCUT2D eigenvalue weighted by molar-refractivity contribution is -0.133. The predicted molar refractivity (Wildman–Crippen MR) is 78.2 cm³/mol. The Morgan fingerprint density at radius 2 is 2.30 bits per heavy atom. The third kappa shape index (κ3) is 1.71. The molecule has 0 unspecified atom stereocenters. The van der Waals surface area contributed by atoms with Crippen molar-refractivity contribution in [1.29, 1.82) is 0 Å². The SMILES string of the molecule is C[C@@H]1C[C@@H]1C(=O)N1CCc2c(sc3ncnc(N)c23)C1. The van der Waals surface area contributed by atoms with Crippen molar-refractivity contribution in [3.63, 3.8) is 0 Å².